The second-order valence-electron chi connectivity index (χ2n) is 17.2. The predicted molar refractivity (Wildman–Crippen MR) is 244 cm³/mol. The van der Waals surface area contributed by atoms with Gasteiger partial charge in [0.05, 0.1) is 22.1 Å². The van der Waals surface area contributed by atoms with Crippen molar-refractivity contribution in [3.8, 4) is 11.5 Å². The fourth-order valence-corrected chi connectivity index (χ4v) is 8.60. The fourth-order valence-electron chi connectivity index (χ4n) is 8.60. The largest absolute Gasteiger partial charge is 0.505 e. The molecule has 2 saturated heterocycles. The van der Waals surface area contributed by atoms with E-state index in [1.54, 1.807) is 52.0 Å². The minimum Gasteiger partial charge on any atom is -0.505 e. The van der Waals surface area contributed by atoms with Gasteiger partial charge in [-0.3, -0.25) is 39.0 Å². The van der Waals surface area contributed by atoms with Gasteiger partial charge < -0.3 is 54.5 Å². The maximum absolute atomic E-state index is 13.4. The summed E-state index contributed by atoms with van der Waals surface area (Å²) in [6.45, 7) is 6.92. The molecule has 2 fully saturated rings. The number of anilines is 3. The number of amides is 6. The van der Waals surface area contributed by atoms with Crippen molar-refractivity contribution < 1.29 is 67.1 Å². The molecule has 21 nitrogen and oxygen atoms in total. The molecular formula is C48H48N6O15. The second-order valence-corrected chi connectivity index (χ2v) is 17.2. The number of hydrogen-bond donors (Lipinski definition) is 7. The number of aromatic amines is 1. The summed E-state index contributed by atoms with van der Waals surface area (Å²) >= 11 is 0. The topological polar surface area (TPSA) is 294 Å². The summed E-state index contributed by atoms with van der Waals surface area (Å²) < 4.78 is 29.1. The van der Waals surface area contributed by atoms with Gasteiger partial charge in [-0.15, -0.1) is 0 Å². The Morgan fingerprint density at radius 2 is 1.70 bits per heavy atom. The van der Waals surface area contributed by atoms with Crippen molar-refractivity contribution in [2.45, 2.75) is 89.6 Å². The molecule has 6 amide bonds. The summed E-state index contributed by atoms with van der Waals surface area (Å²) in [6, 6.07) is 15.4. The van der Waals surface area contributed by atoms with Gasteiger partial charge in [-0.25, -0.2) is 9.59 Å². The van der Waals surface area contributed by atoms with E-state index in [1.807, 2.05) is 0 Å². The molecule has 3 aromatic carbocycles. The van der Waals surface area contributed by atoms with Crippen LogP contribution in [0.2, 0.25) is 0 Å². The van der Waals surface area contributed by atoms with Crippen LogP contribution < -0.4 is 31.6 Å². The van der Waals surface area contributed by atoms with Gasteiger partial charge in [-0.05, 0) is 101 Å². The number of aliphatic hydroxyl groups is 1. The number of methoxy groups -OCH3 is 1. The van der Waals surface area contributed by atoms with Gasteiger partial charge in [-0.1, -0.05) is 6.07 Å². The number of benzene rings is 3. The van der Waals surface area contributed by atoms with Crippen LogP contribution in [0, 0.1) is 13.8 Å². The van der Waals surface area contributed by atoms with Gasteiger partial charge in [-0.2, -0.15) is 0 Å². The molecule has 360 valence electrons. The molecule has 0 saturated carbocycles. The molecule has 0 aliphatic carbocycles. The van der Waals surface area contributed by atoms with Crippen molar-refractivity contribution in [2.24, 2.45) is 0 Å². The summed E-state index contributed by atoms with van der Waals surface area (Å²) in [6.07, 6.45) is -4.69. The molecule has 0 radical (unpaired) electrons. The molecule has 0 spiro atoms. The number of aliphatic hydroxyl groups excluding tert-OH is 1. The van der Waals surface area contributed by atoms with Crippen LogP contribution in [-0.4, -0.2) is 111 Å². The first-order valence-corrected chi connectivity index (χ1v) is 21.9. The molecule has 5 atom stereocenters. The number of piperidine rings is 1. The van der Waals surface area contributed by atoms with Crippen LogP contribution in [0.3, 0.4) is 0 Å². The number of hydrogen-bond acceptors (Lipinski definition) is 16. The van der Waals surface area contributed by atoms with Crippen LogP contribution in [-0.2, 0) is 28.6 Å². The zero-order chi connectivity index (χ0) is 49.5. The van der Waals surface area contributed by atoms with E-state index in [1.165, 1.54) is 49.6 Å². The van der Waals surface area contributed by atoms with E-state index in [0.29, 0.717) is 17.8 Å². The quantitative estimate of drug-likeness (QED) is 0.0358. The molecule has 3 aliphatic rings. The van der Waals surface area contributed by atoms with Gasteiger partial charge >= 0.3 is 11.6 Å². The highest BCUT2D eigenvalue weighted by Crippen LogP contribution is 2.39. The van der Waals surface area contributed by atoms with Crippen molar-refractivity contribution >= 4 is 69.4 Å². The van der Waals surface area contributed by atoms with Gasteiger partial charge in [0.1, 0.15) is 29.2 Å². The molecule has 7 N–H and O–H groups in total. The SMILES string of the molecule is CO[C@@H]1[C@@H](OC(=O)c2ccc(C)[nH]2)[C@@H](O)[C@H](Oc2ccc3c(O)c(NC(=O)c4ccc(NC(=O)CCCNc5cccc6c5C(=O)N(C5CCC(=O)NC5=O)C6=O)cc4)c(=O)oc3c2C)OC1(C)C. The number of nitrogens with zero attached hydrogens (tertiary/aromatic N) is 1. The number of rotatable bonds is 14. The molecule has 3 aliphatic heterocycles. The second kappa shape index (κ2) is 19.0. The Labute approximate surface area is 392 Å². The first kappa shape index (κ1) is 47.6. The van der Waals surface area contributed by atoms with Crippen molar-refractivity contribution in [1.29, 1.82) is 0 Å². The van der Waals surface area contributed by atoms with Crippen LogP contribution in [0.1, 0.15) is 92.4 Å². The van der Waals surface area contributed by atoms with Gasteiger partial charge in [0, 0.05) is 54.7 Å². The summed E-state index contributed by atoms with van der Waals surface area (Å²) in [5.41, 5.74) is -0.669. The third-order valence-electron chi connectivity index (χ3n) is 12.1. The zero-order valence-corrected chi connectivity index (χ0v) is 37.9. The first-order valence-electron chi connectivity index (χ1n) is 21.9. The molecular weight excluding hydrogens is 901 g/mol. The Morgan fingerprint density at radius 3 is 2.39 bits per heavy atom. The van der Waals surface area contributed by atoms with E-state index in [9.17, 15) is 48.6 Å². The van der Waals surface area contributed by atoms with Crippen molar-refractivity contribution in [2.75, 3.05) is 29.6 Å². The normalized spacial score (nSPS) is 20.8. The molecule has 21 heteroatoms. The lowest BCUT2D eigenvalue weighted by Gasteiger charge is -2.47. The van der Waals surface area contributed by atoms with E-state index >= 15 is 0 Å². The van der Waals surface area contributed by atoms with Crippen LogP contribution in [0.4, 0.5) is 17.1 Å². The van der Waals surface area contributed by atoms with E-state index in [4.69, 9.17) is 23.4 Å². The summed E-state index contributed by atoms with van der Waals surface area (Å²) in [7, 11) is 1.39. The smallest absolute Gasteiger partial charge is 0.364 e. The summed E-state index contributed by atoms with van der Waals surface area (Å²) in [4.78, 5) is 107. The lowest BCUT2D eigenvalue weighted by molar-refractivity contribution is -0.305. The van der Waals surface area contributed by atoms with Crippen molar-refractivity contribution in [3.63, 3.8) is 0 Å². The standard InChI is InChI=1S/C48H48N6O15/c1-22-11-17-29(50-22)45(63)68-39-37(58)47(69-48(3,4)40(39)65-5)66-31-19-16-27-36(57)35(46(64)67-38(27)23(31)2)53-41(59)24-12-14-25(15-13-24)51-32(55)10-7-21-49-28-9-6-8-26-34(28)44(62)54(43(26)61)30-18-20-33(56)52-42(30)60/h6,8-9,11-17,19,30,37,39-40,47,49-50,57-58H,7,10,18,20-21H2,1-5H3,(H,51,55)(H,53,59)(H,52,56,60)/t30?,37-,39+,40-,47-/m1/s1. The average molecular weight is 949 g/mol. The highest BCUT2D eigenvalue weighted by atomic mass is 16.7. The van der Waals surface area contributed by atoms with Gasteiger partial charge in [0.2, 0.25) is 24.0 Å². The minimum atomic E-state index is -1.55. The number of aromatic nitrogens is 1. The highest BCUT2D eigenvalue weighted by Gasteiger charge is 2.53. The lowest BCUT2D eigenvalue weighted by Crippen LogP contribution is -2.65. The predicted octanol–water partition coefficient (Wildman–Crippen LogP) is 4.04. The monoisotopic (exact) mass is 948 g/mol. The van der Waals surface area contributed by atoms with E-state index in [2.05, 4.69) is 26.3 Å². The first-order chi connectivity index (χ1) is 32.9. The number of carbonyl (C=O) groups excluding carboxylic acids is 7. The highest BCUT2D eigenvalue weighted by molar-refractivity contribution is 6.25. The van der Waals surface area contributed by atoms with E-state index in [-0.39, 0.29) is 76.4 Å². The number of fused-ring (bicyclic) bond motifs is 2. The van der Waals surface area contributed by atoms with Gasteiger partial charge in [0.25, 0.3) is 17.7 Å². The van der Waals surface area contributed by atoms with E-state index in [0.717, 1.165) is 10.6 Å². The zero-order valence-electron chi connectivity index (χ0n) is 37.9. The summed E-state index contributed by atoms with van der Waals surface area (Å²) in [5.74, 6) is -4.81. The number of carbonyl (C=O) groups is 7. The third kappa shape index (κ3) is 9.38. The maximum atomic E-state index is 13.4. The van der Waals surface area contributed by atoms with Crippen LogP contribution in [0.25, 0.3) is 11.0 Å². The maximum Gasteiger partial charge on any atom is 0.364 e. The molecule has 69 heavy (non-hydrogen) atoms. The molecule has 5 heterocycles. The lowest BCUT2D eigenvalue weighted by atomic mass is 9.89. The third-order valence-corrected chi connectivity index (χ3v) is 12.1. The number of aromatic hydroxyl groups is 1. The van der Waals surface area contributed by atoms with Crippen LogP contribution >= 0.6 is 0 Å². The Bertz CT molecular complexity index is 2980. The summed E-state index contributed by atoms with van der Waals surface area (Å²) in [5, 5.41) is 33.1. The van der Waals surface area contributed by atoms with Gasteiger partial charge in [0.15, 0.2) is 23.6 Å². The van der Waals surface area contributed by atoms with Crippen LogP contribution in [0.5, 0.6) is 11.5 Å². The Morgan fingerprint density at radius 1 is 0.942 bits per heavy atom. The number of aryl methyl sites for hydroxylation is 2. The number of ether oxygens (including phenoxy) is 4. The average Bonchev–Trinajstić information content (AvgIpc) is 3.86. The number of imide groups is 2. The molecule has 1 unspecified atom stereocenters. The van der Waals surface area contributed by atoms with Crippen molar-refractivity contribution in [3.05, 3.63) is 111 Å². The van der Waals surface area contributed by atoms with E-state index < -0.39 is 88.8 Å². The number of nitrogens with one attached hydrogen (secondary N) is 5. The minimum absolute atomic E-state index is 0.00146. The molecule has 0 bridgehead atoms. The Kier molecular flexibility index (Phi) is 13.1. The Balaban J connectivity index is 0.862. The molecule has 5 aromatic rings. The number of esters is 1. The Hall–Kier alpha value is -7.88. The molecule has 2 aromatic heterocycles. The number of H-pyrrole nitrogens is 1. The van der Waals surface area contributed by atoms with Crippen molar-refractivity contribution in [1.82, 2.24) is 15.2 Å². The van der Waals surface area contributed by atoms with Crippen LogP contribution in [0.15, 0.2) is 75.9 Å². The fraction of sp³-hybridized carbons (Fsp3) is 0.333. The molecule has 8 rings (SSSR count).